The summed E-state index contributed by atoms with van der Waals surface area (Å²) in [6, 6.07) is -0.486. The van der Waals surface area contributed by atoms with E-state index in [4.69, 9.17) is 4.04 Å². The summed E-state index contributed by atoms with van der Waals surface area (Å²) in [4.78, 5) is 0. The van der Waals surface area contributed by atoms with Crippen molar-refractivity contribution in [2.75, 3.05) is 12.7 Å². The Bertz CT molecular complexity index is 50.2. The van der Waals surface area contributed by atoms with Crippen LogP contribution >= 0.6 is 8.58 Å². The van der Waals surface area contributed by atoms with Crippen molar-refractivity contribution in [1.29, 1.82) is 2.67 Å². The van der Waals surface area contributed by atoms with Crippen molar-refractivity contribution >= 4 is 16.4 Å². The van der Waals surface area contributed by atoms with Gasteiger partial charge in [-0.25, -0.2) is 0 Å². The van der Waals surface area contributed by atoms with Crippen LogP contribution in [0.4, 0.5) is 0 Å². The van der Waals surface area contributed by atoms with E-state index in [2.05, 4.69) is 0 Å². The maximum Gasteiger partial charge on any atom is 0.106 e. The van der Waals surface area contributed by atoms with Crippen molar-refractivity contribution in [3.8, 4) is 0 Å². The molecule has 0 radical (unpaired) electrons. The van der Waals surface area contributed by atoms with Gasteiger partial charge in [-0.1, -0.05) is 6.04 Å². The molecule has 4 heavy (non-hydrogen) atoms. The second kappa shape index (κ2) is 3.49. The highest BCUT2D eigenvalue weighted by Crippen LogP contribution is 1.92. The van der Waals surface area contributed by atoms with Crippen LogP contribution in [-0.4, -0.2) is 23.1 Å². The highest BCUT2D eigenvalue weighted by Gasteiger charge is 1.56. The summed E-state index contributed by atoms with van der Waals surface area (Å²) in [5, 5.41) is 0. The molecule has 0 aromatic carbocycles. The molecule has 2 atom stereocenters. The average Bonchev–Trinajstić information content (AvgIpc) is 1.65. The Hall–Kier alpha value is 0.495. The summed E-state index contributed by atoms with van der Waals surface area (Å²) >= 11 is 0. The molecule has 0 spiro atoms. The van der Waals surface area contributed by atoms with Crippen LogP contribution in [-0.2, 0) is 0 Å². The van der Waals surface area contributed by atoms with E-state index in [0.29, 0.717) is 8.58 Å². The van der Waals surface area contributed by atoms with Gasteiger partial charge in [0.2, 0.25) is 0 Å². The molecule has 24 valence electrons. The fourth-order valence-corrected chi connectivity index (χ4v) is 0. The molecule has 0 aromatic heterocycles. The molecule has 0 aromatic rings. The zero-order valence-corrected chi connectivity index (χ0v) is 3.65. The maximum absolute atomic E-state index is 6.91. The first-order chi connectivity index (χ1) is 3.18. The Morgan fingerprint density at radius 1 is 2.75 bits per heavy atom. The summed E-state index contributed by atoms with van der Waals surface area (Å²) in [6.45, 7) is 1.84. The smallest absolute Gasteiger partial charge is 0.106 e. The van der Waals surface area contributed by atoms with Gasteiger partial charge in [0.25, 0.3) is 0 Å². The maximum atomic E-state index is 6.91. The van der Waals surface area contributed by atoms with Gasteiger partial charge in [-0.05, 0) is 9.34 Å². The summed E-state index contributed by atoms with van der Waals surface area (Å²) < 4.78 is 20.3. The second-order valence-electron chi connectivity index (χ2n) is 0.455. The van der Waals surface area contributed by atoms with Crippen LogP contribution in [0.2, 0.25) is 0 Å². The van der Waals surface area contributed by atoms with Crippen LogP contribution in [0.5, 0.6) is 0 Å². The van der Waals surface area contributed by atoms with E-state index in [1.807, 2.05) is 6.66 Å². The molecule has 0 aliphatic carbocycles. The van der Waals surface area contributed by atoms with Gasteiger partial charge in [-0.2, -0.15) is 0 Å². The van der Waals surface area contributed by atoms with E-state index in [1.165, 1.54) is 0 Å². The van der Waals surface area contributed by atoms with Gasteiger partial charge in [-0.3, -0.25) is 0 Å². The molecule has 0 amide bonds. The Morgan fingerprint density at radius 3 is 3.50 bits per heavy atom. The third-order valence-electron chi connectivity index (χ3n) is 0.167. The molecule has 0 aliphatic heterocycles. The summed E-state index contributed by atoms with van der Waals surface area (Å²) in [7, 11) is -0.552. The van der Waals surface area contributed by atoms with Gasteiger partial charge in [0.05, 0.1) is 0 Å². The van der Waals surface area contributed by atoms with Crippen LogP contribution in [0.3, 0.4) is 0 Å². The van der Waals surface area contributed by atoms with Gasteiger partial charge in [0.15, 0.2) is 0 Å². The Morgan fingerprint density at radius 2 is 3.50 bits per heavy atom. The lowest BCUT2D eigenvalue weighted by Crippen LogP contribution is -1.60. The minimum atomic E-state index is -0.955. The van der Waals surface area contributed by atoms with Crippen molar-refractivity contribution in [3.05, 3.63) is 0 Å². The van der Waals surface area contributed by atoms with Crippen molar-refractivity contribution < 1.29 is 1.37 Å². The molecule has 2 heteroatoms. The van der Waals surface area contributed by atoms with Crippen molar-refractivity contribution in [2.24, 2.45) is 0 Å². The topological polar surface area (TPSA) is 0 Å². The van der Waals surface area contributed by atoms with E-state index in [-0.39, 0.29) is 0 Å². The standard InChI is InChI=1S/C2H8BP/c1-4-2-3/h4H,2-3H2,1H3/i2D,3D2. The molecule has 0 bridgehead atoms. The lowest BCUT2D eigenvalue weighted by molar-refractivity contribution is 2.15. The van der Waals surface area contributed by atoms with E-state index in [1.54, 1.807) is 0 Å². The molecule has 0 saturated heterocycles. The molecule has 2 unspecified atom stereocenters. The molecule has 0 saturated carbocycles. The SMILES string of the molecule is [2H]B([2H])C([2H])PC. The molecule has 0 nitrogen and oxygen atoms in total. The monoisotopic (exact) mass is 77.1 g/mol. The zero-order valence-electron chi connectivity index (χ0n) is 5.65. The van der Waals surface area contributed by atoms with E-state index in [0.717, 1.165) is 0 Å². The summed E-state index contributed by atoms with van der Waals surface area (Å²) in [6.07, 6.45) is 0. The molecule has 0 heterocycles. The van der Waals surface area contributed by atoms with E-state index in [9.17, 15) is 0 Å². The Kier molecular flexibility index (Phi) is 1.14. The quantitative estimate of drug-likeness (QED) is 0.318. The van der Waals surface area contributed by atoms with Crippen molar-refractivity contribution in [2.45, 2.75) is 0 Å². The fraction of sp³-hybridized carbons (Fsp3) is 1.00. The molecule has 0 rings (SSSR count). The van der Waals surface area contributed by atoms with Crippen LogP contribution in [0, 0.1) is 0 Å². The first kappa shape index (κ1) is 1.30. The number of hydrogen-bond acceptors (Lipinski definition) is 0. The van der Waals surface area contributed by atoms with Crippen molar-refractivity contribution in [1.82, 2.24) is 0 Å². The van der Waals surface area contributed by atoms with Gasteiger partial charge >= 0.3 is 0 Å². The zero-order chi connectivity index (χ0) is 5.86. The highest BCUT2D eigenvalue weighted by molar-refractivity contribution is 7.39. The largest absolute Gasteiger partial charge is 0.133 e. The molecule has 0 N–H and O–H groups in total. The van der Waals surface area contributed by atoms with Crippen LogP contribution in [0.1, 0.15) is 1.37 Å². The van der Waals surface area contributed by atoms with Gasteiger partial charge in [0, 0.05) is 1.37 Å². The highest BCUT2D eigenvalue weighted by atomic mass is 31.1. The lowest BCUT2D eigenvalue weighted by Gasteiger charge is -1.68. The van der Waals surface area contributed by atoms with Gasteiger partial charge < -0.3 is 0 Å². The van der Waals surface area contributed by atoms with E-state index < -0.39 is 13.8 Å². The predicted octanol–water partition coefficient (Wildman–Crippen LogP) is -0.115. The van der Waals surface area contributed by atoms with Crippen molar-refractivity contribution in [3.63, 3.8) is 0 Å². The Balaban J connectivity index is 3.14. The molecule has 0 fully saturated rings. The third-order valence-corrected chi connectivity index (χ3v) is 0.500. The van der Waals surface area contributed by atoms with Crippen LogP contribution in [0.25, 0.3) is 0 Å². The molecular weight excluding hydrogens is 65.8 g/mol. The Labute approximate surface area is 34.3 Å². The normalized spacial score (nSPS) is 27.8. The molecular formula is C2H8BP. The molecule has 0 aliphatic rings. The van der Waals surface area contributed by atoms with E-state index >= 15 is 0 Å². The number of hydrogen-bond donors (Lipinski definition) is 0. The predicted molar refractivity (Wildman–Crippen MR) is 27.6 cm³/mol. The minimum absolute atomic E-state index is 0.404. The first-order valence-electron chi connectivity index (χ1n) is 2.85. The van der Waals surface area contributed by atoms with Crippen LogP contribution < -0.4 is 0 Å². The number of rotatable bonds is 2. The second-order valence-corrected chi connectivity index (χ2v) is 1.37. The fourth-order valence-electron chi connectivity index (χ4n) is 0. The summed E-state index contributed by atoms with van der Waals surface area (Å²) in [5.41, 5.74) is 0. The lowest BCUT2D eigenvalue weighted by atomic mass is 10.2. The van der Waals surface area contributed by atoms with Gasteiger partial charge in [-0.15, -0.1) is 8.58 Å². The minimum Gasteiger partial charge on any atom is -0.133 e. The third kappa shape index (κ3) is 2.49. The van der Waals surface area contributed by atoms with Crippen LogP contribution in [0.15, 0.2) is 0 Å². The average molecular weight is 76.9 g/mol. The summed E-state index contributed by atoms with van der Waals surface area (Å²) in [5.74, 6) is 0. The van der Waals surface area contributed by atoms with Gasteiger partial charge in [0.1, 0.15) is 7.77 Å². The first-order valence-corrected chi connectivity index (χ1v) is 2.70.